The first-order valence-electron chi connectivity index (χ1n) is 6.72. The van der Waals surface area contributed by atoms with Crippen molar-refractivity contribution in [2.75, 3.05) is 7.05 Å². The summed E-state index contributed by atoms with van der Waals surface area (Å²) in [4.78, 5) is 13.8. The normalized spacial score (nSPS) is 13.1. The van der Waals surface area contributed by atoms with Crippen molar-refractivity contribution in [2.45, 2.75) is 39.2 Å². The monoisotopic (exact) mass is 277 g/mol. The Morgan fingerprint density at radius 1 is 1.45 bits per heavy atom. The second kappa shape index (κ2) is 7.53. The van der Waals surface area contributed by atoms with Crippen LogP contribution in [-0.2, 0) is 11.2 Å². The third-order valence-corrected chi connectivity index (χ3v) is 3.56. The molecule has 3 N–H and O–H groups in total. The molecule has 1 aromatic rings. The molecule has 1 amide bonds. The molecule has 110 valence electrons. The number of rotatable bonds is 6. The number of nitrogens with two attached hydrogens (primary N) is 1. The highest BCUT2D eigenvalue weighted by Gasteiger charge is 2.17. The zero-order valence-corrected chi connectivity index (χ0v) is 12.3. The molecule has 5 nitrogen and oxygen atoms in total. The quantitative estimate of drug-likeness (QED) is 0.361. The summed E-state index contributed by atoms with van der Waals surface area (Å²) in [5.41, 5.74) is 7.85. The van der Waals surface area contributed by atoms with Crippen molar-refractivity contribution in [2.24, 2.45) is 10.9 Å². The molecule has 1 atom stereocenters. The molecular formula is C15H23N3O2. The van der Waals surface area contributed by atoms with Crippen LogP contribution in [-0.4, -0.2) is 34.9 Å². The summed E-state index contributed by atoms with van der Waals surface area (Å²) in [5, 5.41) is 11.5. The summed E-state index contributed by atoms with van der Waals surface area (Å²) in [6.07, 6.45) is 1.55. The van der Waals surface area contributed by atoms with E-state index in [0.717, 1.165) is 6.42 Å². The summed E-state index contributed by atoms with van der Waals surface area (Å²) in [6, 6.07) is 7.98. The van der Waals surface area contributed by atoms with Crippen LogP contribution >= 0.6 is 0 Å². The Kier molecular flexibility index (Phi) is 6.03. The molecule has 0 radical (unpaired) electrons. The van der Waals surface area contributed by atoms with Crippen molar-refractivity contribution >= 4 is 11.7 Å². The minimum atomic E-state index is -0.0877. The Balaban J connectivity index is 2.52. The van der Waals surface area contributed by atoms with Crippen LogP contribution in [0.1, 0.15) is 30.9 Å². The molecule has 0 saturated carbocycles. The molecule has 0 spiro atoms. The molecule has 1 unspecified atom stereocenters. The Hall–Kier alpha value is -2.04. The fourth-order valence-corrected chi connectivity index (χ4v) is 2.03. The summed E-state index contributed by atoms with van der Waals surface area (Å²) in [6.45, 7) is 3.92. The highest BCUT2D eigenvalue weighted by Crippen LogP contribution is 2.11. The smallest absolute Gasteiger partial charge is 0.222 e. The summed E-state index contributed by atoms with van der Waals surface area (Å²) in [5.74, 6) is 0.197. The van der Waals surface area contributed by atoms with Crippen molar-refractivity contribution in [3.05, 3.63) is 35.4 Å². The highest BCUT2D eigenvalue weighted by atomic mass is 16.4. The number of carbonyl (C=O) groups excluding carboxylic acids is 1. The van der Waals surface area contributed by atoms with Crippen LogP contribution in [0.5, 0.6) is 0 Å². The lowest BCUT2D eigenvalue weighted by molar-refractivity contribution is -0.131. The van der Waals surface area contributed by atoms with Gasteiger partial charge < -0.3 is 15.8 Å². The third kappa shape index (κ3) is 4.57. The highest BCUT2D eigenvalue weighted by molar-refractivity contribution is 5.82. The predicted molar refractivity (Wildman–Crippen MR) is 79.8 cm³/mol. The molecule has 0 aliphatic rings. The first-order valence-corrected chi connectivity index (χ1v) is 6.72. The van der Waals surface area contributed by atoms with Gasteiger partial charge in [-0.2, -0.15) is 0 Å². The van der Waals surface area contributed by atoms with Crippen LogP contribution in [0, 0.1) is 6.92 Å². The Labute approximate surface area is 120 Å². The zero-order valence-electron chi connectivity index (χ0n) is 12.3. The number of amidine groups is 1. The number of aryl methyl sites for hydroxylation is 2. The average molecular weight is 277 g/mol. The number of oxime groups is 1. The number of nitrogens with zero attached hydrogens (tertiary/aromatic N) is 2. The SMILES string of the molecule is Cc1ccccc1CCC(=O)N(C)C(C)CC(N)=NO. The second-order valence-corrected chi connectivity index (χ2v) is 5.08. The van der Waals surface area contributed by atoms with E-state index in [1.165, 1.54) is 11.1 Å². The van der Waals surface area contributed by atoms with E-state index >= 15 is 0 Å². The lowest BCUT2D eigenvalue weighted by atomic mass is 10.0. The first kappa shape index (κ1) is 16.0. The van der Waals surface area contributed by atoms with Gasteiger partial charge in [-0.05, 0) is 31.4 Å². The molecule has 0 saturated heterocycles. The van der Waals surface area contributed by atoms with E-state index in [2.05, 4.69) is 5.16 Å². The first-order chi connectivity index (χ1) is 9.45. The average Bonchev–Trinajstić information content (AvgIpc) is 2.44. The minimum absolute atomic E-state index is 0.0616. The van der Waals surface area contributed by atoms with Gasteiger partial charge in [-0.1, -0.05) is 29.4 Å². The van der Waals surface area contributed by atoms with Crippen LogP contribution in [0.2, 0.25) is 0 Å². The summed E-state index contributed by atoms with van der Waals surface area (Å²) >= 11 is 0. The van der Waals surface area contributed by atoms with Crippen molar-refractivity contribution in [3.63, 3.8) is 0 Å². The van der Waals surface area contributed by atoms with E-state index in [1.807, 2.05) is 38.1 Å². The Morgan fingerprint density at radius 3 is 2.70 bits per heavy atom. The third-order valence-electron chi connectivity index (χ3n) is 3.56. The molecule has 0 aromatic heterocycles. The van der Waals surface area contributed by atoms with Crippen molar-refractivity contribution in [1.82, 2.24) is 4.90 Å². The van der Waals surface area contributed by atoms with E-state index < -0.39 is 0 Å². The van der Waals surface area contributed by atoms with Gasteiger partial charge in [0.1, 0.15) is 5.84 Å². The number of hydrogen-bond donors (Lipinski definition) is 2. The van der Waals surface area contributed by atoms with Crippen molar-refractivity contribution < 1.29 is 10.0 Å². The second-order valence-electron chi connectivity index (χ2n) is 5.08. The molecule has 5 heteroatoms. The van der Waals surface area contributed by atoms with Gasteiger partial charge in [0.2, 0.25) is 5.91 Å². The predicted octanol–water partition coefficient (Wildman–Crippen LogP) is 1.91. The van der Waals surface area contributed by atoms with E-state index in [9.17, 15) is 4.79 Å². The minimum Gasteiger partial charge on any atom is -0.409 e. The Bertz CT molecular complexity index is 486. The molecule has 0 heterocycles. The van der Waals surface area contributed by atoms with E-state index in [4.69, 9.17) is 10.9 Å². The van der Waals surface area contributed by atoms with Crippen molar-refractivity contribution in [1.29, 1.82) is 0 Å². The van der Waals surface area contributed by atoms with E-state index in [0.29, 0.717) is 12.8 Å². The Morgan fingerprint density at radius 2 is 2.10 bits per heavy atom. The maximum atomic E-state index is 12.1. The van der Waals surface area contributed by atoms with Gasteiger partial charge in [0.15, 0.2) is 0 Å². The van der Waals surface area contributed by atoms with Crippen LogP contribution in [0.15, 0.2) is 29.4 Å². The fourth-order valence-electron chi connectivity index (χ4n) is 2.03. The molecule has 0 bridgehead atoms. The van der Waals surface area contributed by atoms with Crippen LogP contribution in [0.4, 0.5) is 0 Å². The van der Waals surface area contributed by atoms with Gasteiger partial charge in [0.05, 0.1) is 0 Å². The molecule has 0 aliphatic heterocycles. The van der Waals surface area contributed by atoms with Gasteiger partial charge in [0.25, 0.3) is 0 Å². The lowest BCUT2D eigenvalue weighted by Gasteiger charge is -2.24. The summed E-state index contributed by atoms with van der Waals surface area (Å²) in [7, 11) is 1.75. The molecular weight excluding hydrogens is 254 g/mol. The van der Waals surface area contributed by atoms with Crippen molar-refractivity contribution in [3.8, 4) is 0 Å². The van der Waals surface area contributed by atoms with Gasteiger partial charge in [0, 0.05) is 25.9 Å². The zero-order chi connectivity index (χ0) is 15.1. The molecule has 0 fully saturated rings. The largest absolute Gasteiger partial charge is 0.409 e. The maximum absolute atomic E-state index is 12.1. The number of hydrogen-bond acceptors (Lipinski definition) is 3. The van der Waals surface area contributed by atoms with E-state index in [1.54, 1.807) is 11.9 Å². The number of carbonyl (C=O) groups is 1. The van der Waals surface area contributed by atoms with Crippen LogP contribution in [0.3, 0.4) is 0 Å². The fraction of sp³-hybridized carbons (Fsp3) is 0.467. The molecule has 20 heavy (non-hydrogen) atoms. The van der Waals surface area contributed by atoms with E-state index in [-0.39, 0.29) is 17.8 Å². The standard InChI is InChI=1S/C15H23N3O2/c1-11-6-4-5-7-13(11)8-9-15(19)18(3)12(2)10-14(16)17-20/h4-7,12,20H,8-10H2,1-3H3,(H2,16,17). The van der Waals surface area contributed by atoms with Gasteiger partial charge >= 0.3 is 0 Å². The van der Waals surface area contributed by atoms with Gasteiger partial charge in [-0.3, -0.25) is 4.79 Å². The molecule has 1 rings (SSSR count). The maximum Gasteiger partial charge on any atom is 0.222 e. The summed E-state index contributed by atoms with van der Waals surface area (Å²) < 4.78 is 0. The molecule has 1 aromatic carbocycles. The van der Waals surface area contributed by atoms with Crippen LogP contribution in [0.25, 0.3) is 0 Å². The number of benzene rings is 1. The van der Waals surface area contributed by atoms with Crippen LogP contribution < -0.4 is 5.73 Å². The molecule has 0 aliphatic carbocycles. The number of amides is 1. The topological polar surface area (TPSA) is 78.9 Å². The van der Waals surface area contributed by atoms with Gasteiger partial charge in [-0.25, -0.2) is 0 Å². The van der Waals surface area contributed by atoms with Gasteiger partial charge in [-0.15, -0.1) is 0 Å². The lowest BCUT2D eigenvalue weighted by Crippen LogP contribution is -2.37.